The number of carboxylic acids is 1. The first kappa shape index (κ1) is 16.8. The maximum absolute atomic E-state index is 12.6. The third kappa shape index (κ3) is 2.65. The number of benzene rings is 1. The Morgan fingerprint density at radius 2 is 1.79 bits per heavy atom. The van der Waals surface area contributed by atoms with Crippen molar-refractivity contribution in [2.45, 2.75) is 24.8 Å². The molecule has 0 radical (unpaired) electrons. The third-order valence-corrected chi connectivity index (χ3v) is 5.63. The molecule has 2 heterocycles. The summed E-state index contributed by atoms with van der Waals surface area (Å²) in [7, 11) is 1.67. The van der Waals surface area contributed by atoms with Crippen LogP contribution < -0.4 is 0 Å². The molecule has 3 rings (SSSR count). The highest BCUT2D eigenvalue weighted by atomic mass is 35.5. The van der Waals surface area contributed by atoms with E-state index >= 15 is 0 Å². The summed E-state index contributed by atoms with van der Waals surface area (Å²) in [4.78, 5) is 39.4. The molecule has 2 fully saturated rings. The summed E-state index contributed by atoms with van der Waals surface area (Å²) in [5, 5.41) is 10.0. The molecule has 1 N–H and O–H groups in total. The van der Waals surface area contributed by atoms with E-state index in [4.69, 9.17) is 11.6 Å². The Labute approximate surface area is 145 Å². The van der Waals surface area contributed by atoms with Crippen molar-refractivity contribution in [2.75, 3.05) is 20.1 Å². The number of nitrogens with zero attached hydrogens (tertiary/aromatic N) is 2. The summed E-state index contributed by atoms with van der Waals surface area (Å²) < 4.78 is 0. The molecule has 1 spiro atoms. The standard InChI is InChI=1S/C17H19ClN2O4/c1-19-14(21)10-13(16(23)24)17(19)6-8-20(9-7-17)15(22)11-2-4-12(18)5-3-11/h2-5,13H,6-10H2,1H3,(H,23,24)/t13-/m1/s1. The van der Waals surface area contributed by atoms with Gasteiger partial charge in [0, 0.05) is 37.1 Å². The molecule has 1 atom stereocenters. The molecule has 2 aliphatic rings. The molecule has 1 aromatic rings. The zero-order chi connectivity index (χ0) is 17.5. The summed E-state index contributed by atoms with van der Waals surface area (Å²) in [5.74, 6) is -1.88. The fourth-order valence-electron chi connectivity index (χ4n) is 3.86. The van der Waals surface area contributed by atoms with Crippen LogP contribution in [0.1, 0.15) is 29.6 Å². The van der Waals surface area contributed by atoms with Crippen molar-refractivity contribution < 1.29 is 19.5 Å². The minimum absolute atomic E-state index is 0.0387. The number of halogens is 1. The number of amides is 2. The van der Waals surface area contributed by atoms with Crippen molar-refractivity contribution in [2.24, 2.45) is 5.92 Å². The summed E-state index contributed by atoms with van der Waals surface area (Å²) in [6, 6.07) is 6.70. The zero-order valence-electron chi connectivity index (χ0n) is 13.4. The van der Waals surface area contributed by atoms with Crippen LogP contribution in [0.5, 0.6) is 0 Å². The van der Waals surface area contributed by atoms with Crippen LogP contribution >= 0.6 is 11.6 Å². The van der Waals surface area contributed by atoms with Gasteiger partial charge in [0.2, 0.25) is 5.91 Å². The van der Waals surface area contributed by atoms with Gasteiger partial charge in [0.25, 0.3) is 5.91 Å². The largest absolute Gasteiger partial charge is 0.481 e. The first-order valence-corrected chi connectivity index (χ1v) is 8.27. The van der Waals surface area contributed by atoms with Gasteiger partial charge in [-0.05, 0) is 37.1 Å². The molecule has 0 saturated carbocycles. The number of aliphatic carboxylic acids is 1. The molecule has 7 heteroatoms. The quantitative estimate of drug-likeness (QED) is 0.883. The van der Waals surface area contributed by atoms with Gasteiger partial charge in [-0.25, -0.2) is 0 Å². The highest BCUT2D eigenvalue weighted by molar-refractivity contribution is 6.30. The van der Waals surface area contributed by atoms with Crippen LogP contribution in [0.15, 0.2) is 24.3 Å². The van der Waals surface area contributed by atoms with Gasteiger partial charge in [-0.3, -0.25) is 14.4 Å². The van der Waals surface area contributed by atoms with Crippen LogP contribution in [0, 0.1) is 5.92 Å². The van der Waals surface area contributed by atoms with Crippen LogP contribution in [0.4, 0.5) is 0 Å². The molecule has 0 bridgehead atoms. The summed E-state index contributed by atoms with van der Waals surface area (Å²) in [6.07, 6.45) is 0.994. The Morgan fingerprint density at radius 3 is 2.33 bits per heavy atom. The normalized spacial score (nSPS) is 22.9. The number of carboxylic acid groups (broad SMARTS) is 1. The number of likely N-dealkylation sites (tertiary alicyclic amines) is 2. The van der Waals surface area contributed by atoms with E-state index in [1.54, 1.807) is 41.1 Å². The highest BCUT2D eigenvalue weighted by Gasteiger charge is 2.55. The van der Waals surface area contributed by atoms with Gasteiger partial charge in [0.15, 0.2) is 0 Å². The molecule has 1 aromatic carbocycles. The number of carbonyl (C=O) groups excluding carboxylic acids is 2. The smallest absolute Gasteiger partial charge is 0.309 e. The zero-order valence-corrected chi connectivity index (χ0v) is 14.1. The van der Waals surface area contributed by atoms with Gasteiger partial charge in [-0.2, -0.15) is 0 Å². The van der Waals surface area contributed by atoms with Gasteiger partial charge in [0.1, 0.15) is 0 Å². The first-order valence-electron chi connectivity index (χ1n) is 7.89. The van der Waals surface area contributed by atoms with E-state index in [2.05, 4.69) is 0 Å². The van der Waals surface area contributed by atoms with E-state index in [-0.39, 0.29) is 18.2 Å². The maximum Gasteiger partial charge on any atom is 0.309 e. The van der Waals surface area contributed by atoms with Crippen LogP contribution in [0.25, 0.3) is 0 Å². The van der Waals surface area contributed by atoms with Gasteiger partial charge >= 0.3 is 5.97 Å². The average molecular weight is 351 g/mol. The Balaban J connectivity index is 1.75. The molecule has 2 amide bonds. The molecule has 24 heavy (non-hydrogen) atoms. The summed E-state index contributed by atoms with van der Waals surface area (Å²) in [5.41, 5.74) is -0.124. The predicted octanol–water partition coefficient (Wildman–Crippen LogP) is 1.88. The van der Waals surface area contributed by atoms with Crippen molar-refractivity contribution in [3.63, 3.8) is 0 Å². The Morgan fingerprint density at radius 1 is 1.21 bits per heavy atom. The maximum atomic E-state index is 12.6. The molecule has 0 aromatic heterocycles. The van der Waals surface area contributed by atoms with Crippen molar-refractivity contribution in [3.8, 4) is 0 Å². The van der Waals surface area contributed by atoms with E-state index < -0.39 is 17.4 Å². The lowest BCUT2D eigenvalue weighted by Gasteiger charge is -2.45. The molecule has 0 unspecified atom stereocenters. The third-order valence-electron chi connectivity index (χ3n) is 5.38. The van der Waals surface area contributed by atoms with Crippen LogP contribution in [0.3, 0.4) is 0 Å². The Bertz CT molecular complexity index is 680. The molecular weight excluding hydrogens is 332 g/mol. The second kappa shape index (κ2) is 6.09. The summed E-state index contributed by atoms with van der Waals surface area (Å²) >= 11 is 5.84. The van der Waals surface area contributed by atoms with Crippen molar-refractivity contribution in [1.29, 1.82) is 0 Å². The molecular formula is C17H19ClN2O4. The van der Waals surface area contributed by atoms with Crippen LogP contribution in [-0.4, -0.2) is 58.4 Å². The van der Waals surface area contributed by atoms with Gasteiger partial charge < -0.3 is 14.9 Å². The molecule has 2 aliphatic heterocycles. The number of piperidine rings is 1. The lowest BCUT2D eigenvalue weighted by atomic mass is 9.77. The van der Waals surface area contributed by atoms with Gasteiger partial charge in [-0.1, -0.05) is 11.6 Å². The molecule has 128 valence electrons. The van der Waals surface area contributed by atoms with Crippen molar-refractivity contribution in [3.05, 3.63) is 34.9 Å². The average Bonchev–Trinajstić information content (AvgIpc) is 2.81. The topological polar surface area (TPSA) is 77.9 Å². The minimum atomic E-state index is -0.940. The number of hydrogen-bond acceptors (Lipinski definition) is 3. The lowest BCUT2D eigenvalue weighted by molar-refractivity contribution is -0.145. The van der Waals surface area contributed by atoms with Gasteiger partial charge in [0.05, 0.1) is 11.5 Å². The first-order chi connectivity index (χ1) is 11.3. The van der Waals surface area contributed by atoms with E-state index in [1.807, 2.05) is 0 Å². The SMILES string of the molecule is CN1C(=O)C[C@H](C(=O)O)C12CCN(C(=O)c1ccc(Cl)cc1)CC2. The molecule has 6 nitrogen and oxygen atoms in total. The van der Waals surface area contributed by atoms with E-state index in [9.17, 15) is 19.5 Å². The minimum Gasteiger partial charge on any atom is -0.481 e. The van der Waals surface area contributed by atoms with E-state index in [0.717, 1.165) is 0 Å². The number of rotatable bonds is 2. The number of hydrogen-bond donors (Lipinski definition) is 1. The van der Waals surface area contributed by atoms with E-state index in [1.165, 1.54) is 0 Å². The highest BCUT2D eigenvalue weighted by Crippen LogP contribution is 2.43. The summed E-state index contributed by atoms with van der Waals surface area (Å²) in [6.45, 7) is 0.867. The second-order valence-corrected chi connectivity index (χ2v) is 6.89. The molecule has 2 saturated heterocycles. The van der Waals surface area contributed by atoms with Gasteiger partial charge in [-0.15, -0.1) is 0 Å². The predicted molar refractivity (Wildman–Crippen MR) is 87.8 cm³/mol. The fraction of sp³-hybridized carbons (Fsp3) is 0.471. The number of carbonyl (C=O) groups is 3. The van der Waals surface area contributed by atoms with Crippen molar-refractivity contribution >= 4 is 29.4 Å². The Kier molecular flexibility index (Phi) is 4.25. The Hall–Kier alpha value is -2.08. The lowest BCUT2D eigenvalue weighted by Crippen LogP contribution is -2.56. The fourth-order valence-corrected chi connectivity index (χ4v) is 3.98. The van der Waals surface area contributed by atoms with Crippen molar-refractivity contribution in [1.82, 2.24) is 9.80 Å². The second-order valence-electron chi connectivity index (χ2n) is 6.45. The van der Waals surface area contributed by atoms with Crippen LogP contribution in [-0.2, 0) is 9.59 Å². The molecule has 0 aliphatic carbocycles. The van der Waals surface area contributed by atoms with E-state index in [0.29, 0.717) is 36.5 Å². The van der Waals surface area contributed by atoms with Crippen LogP contribution in [0.2, 0.25) is 5.02 Å². The monoisotopic (exact) mass is 350 g/mol.